The van der Waals surface area contributed by atoms with Gasteiger partial charge in [0.15, 0.2) is 0 Å². The SMILES string of the molecule is O=[N+]([O-])c1cccc(-c2csc3c(Cl)ncnc23)c1. The van der Waals surface area contributed by atoms with Crippen LogP contribution < -0.4 is 0 Å². The Balaban J connectivity index is 2.22. The second-order valence-corrected chi connectivity index (χ2v) is 5.04. The molecule has 3 aromatic rings. The summed E-state index contributed by atoms with van der Waals surface area (Å²) in [7, 11) is 0. The molecule has 2 heterocycles. The Bertz CT molecular complexity index is 787. The molecule has 0 spiro atoms. The van der Waals surface area contributed by atoms with Crippen LogP contribution in [0.2, 0.25) is 5.15 Å². The van der Waals surface area contributed by atoms with E-state index in [9.17, 15) is 10.1 Å². The van der Waals surface area contributed by atoms with Crippen LogP contribution in [0.4, 0.5) is 5.69 Å². The van der Waals surface area contributed by atoms with Crippen LogP contribution in [-0.4, -0.2) is 14.9 Å². The van der Waals surface area contributed by atoms with E-state index in [1.807, 2.05) is 11.4 Å². The van der Waals surface area contributed by atoms with E-state index in [2.05, 4.69) is 9.97 Å². The lowest BCUT2D eigenvalue weighted by atomic mass is 10.1. The quantitative estimate of drug-likeness (QED) is 0.408. The van der Waals surface area contributed by atoms with E-state index in [-0.39, 0.29) is 5.69 Å². The molecule has 94 valence electrons. The fourth-order valence-corrected chi connectivity index (χ4v) is 2.99. The van der Waals surface area contributed by atoms with Gasteiger partial charge in [0.1, 0.15) is 11.5 Å². The van der Waals surface area contributed by atoms with Crippen LogP contribution in [0.25, 0.3) is 21.3 Å². The molecule has 0 amide bonds. The van der Waals surface area contributed by atoms with Crippen molar-refractivity contribution in [1.29, 1.82) is 0 Å². The zero-order valence-corrected chi connectivity index (χ0v) is 11.0. The first-order valence-electron chi connectivity index (χ1n) is 5.29. The van der Waals surface area contributed by atoms with Crippen LogP contribution >= 0.6 is 22.9 Å². The highest BCUT2D eigenvalue weighted by molar-refractivity contribution is 7.18. The summed E-state index contributed by atoms with van der Waals surface area (Å²) in [6, 6.07) is 6.45. The number of rotatable bonds is 2. The second kappa shape index (κ2) is 4.56. The molecule has 0 saturated heterocycles. The third kappa shape index (κ3) is 2.05. The van der Waals surface area contributed by atoms with Gasteiger partial charge in [0.05, 0.1) is 15.1 Å². The van der Waals surface area contributed by atoms with E-state index < -0.39 is 4.92 Å². The molecule has 2 aromatic heterocycles. The van der Waals surface area contributed by atoms with E-state index >= 15 is 0 Å². The largest absolute Gasteiger partial charge is 0.270 e. The molecule has 0 N–H and O–H groups in total. The molecule has 0 unspecified atom stereocenters. The van der Waals surface area contributed by atoms with Crippen molar-refractivity contribution in [2.45, 2.75) is 0 Å². The number of non-ortho nitro benzene ring substituents is 1. The molecule has 7 heteroatoms. The van der Waals surface area contributed by atoms with Gasteiger partial charge in [-0.15, -0.1) is 11.3 Å². The Morgan fingerprint density at radius 1 is 1.32 bits per heavy atom. The molecule has 0 radical (unpaired) electrons. The van der Waals surface area contributed by atoms with Crippen molar-refractivity contribution in [3.05, 3.63) is 51.2 Å². The summed E-state index contributed by atoms with van der Waals surface area (Å²) in [5.74, 6) is 0. The van der Waals surface area contributed by atoms with Gasteiger partial charge in [-0.25, -0.2) is 9.97 Å². The van der Waals surface area contributed by atoms with Gasteiger partial charge >= 0.3 is 0 Å². The van der Waals surface area contributed by atoms with E-state index in [0.717, 1.165) is 15.8 Å². The molecular formula is C12H6ClN3O2S. The summed E-state index contributed by atoms with van der Waals surface area (Å²) in [6.45, 7) is 0. The Labute approximate surface area is 116 Å². The normalized spacial score (nSPS) is 10.8. The van der Waals surface area contributed by atoms with Crippen LogP contribution in [0.5, 0.6) is 0 Å². The zero-order chi connectivity index (χ0) is 13.4. The summed E-state index contributed by atoms with van der Waals surface area (Å²) in [6.07, 6.45) is 1.39. The third-order valence-electron chi connectivity index (χ3n) is 2.68. The summed E-state index contributed by atoms with van der Waals surface area (Å²) < 4.78 is 0.783. The predicted molar refractivity (Wildman–Crippen MR) is 74.5 cm³/mol. The lowest BCUT2D eigenvalue weighted by Crippen LogP contribution is -1.88. The highest BCUT2D eigenvalue weighted by Gasteiger charge is 2.13. The van der Waals surface area contributed by atoms with Crippen LogP contribution in [0.15, 0.2) is 36.0 Å². The number of benzene rings is 1. The van der Waals surface area contributed by atoms with Crippen molar-refractivity contribution >= 4 is 38.8 Å². The minimum Gasteiger partial charge on any atom is -0.258 e. The van der Waals surface area contributed by atoms with Crippen LogP contribution in [0.3, 0.4) is 0 Å². The average molecular weight is 292 g/mol. The minimum absolute atomic E-state index is 0.0528. The molecule has 0 fully saturated rings. The van der Waals surface area contributed by atoms with Gasteiger partial charge < -0.3 is 0 Å². The van der Waals surface area contributed by atoms with E-state index in [1.54, 1.807) is 6.07 Å². The number of nitrogens with zero attached hydrogens (tertiary/aromatic N) is 3. The molecule has 0 saturated carbocycles. The van der Waals surface area contributed by atoms with E-state index in [4.69, 9.17) is 11.6 Å². The molecule has 0 atom stereocenters. The summed E-state index contributed by atoms with van der Waals surface area (Å²) in [5.41, 5.74) is 2.34. The summed E-state index contributed by atoms with van der Waals surface area (Å²) >= 11 is 7.41. The summed E-state index contributed by atoms with van der Waals surface area (Å²) in [5, 5.41) is 13.1. The Kier molecular flexibility index (Phi) is 2.88. The smallest absolute Gasteiger partial charge is 0.258 e. The Morgan fingerprint density at radius 2 is 2.16 bits per heavy atom. The first-order valence-corrected chi connectivity index (χ1v) is 6.55. The summed E-state index contributed by atoms with van der Waals surface area (Å²) in [4.78, 5) is 18.5. The van der Waals surface area contributed by atoms with Crippen LogP contribution in [0, 0.1) is 10.1 Å². The highest BCUT2D eigenvalue weighted by atomic mass is 35.5. The van der Waals surface area contributed by atoms with E-state index in [1.165, 1.54) is 29.8 Å². The molecule has 0 aliphatic carbocycles. The Morgan fingerprint density at radius 3 is 2.95 bits per heavy atom. The monoisotopic (exact) mass is 291 g/mol. The van der Waals surface area contributed by atoms with Crippen LogP contribution in [0.1, 0.15) is 0 Å². The third-order valence-corrected chi connectivity index (χ3v) is 4.05. The lowest BCUT2D eigenvalue weighted by molar-refractivity contribution is -0.384. The standard InChI is InChI=1S/C12H6ClN3O2S/c13-12-11-10(14-6-15-12)9(5-19-11)7-2-1-3-8(4-7)16(17)18/h1-6H. The number of nitro benzene ring substituents is 1. The lowest BCUT2D eigenvalue weighted by Gasteiger charge is -1.99. The molecule has 19 heavy (non-hydrogen) atoms. The number of nitro groups is 1. The van der Waals surface area contributed by atoms with Crippen molar-refractivity contribution in [2.75, 3.05) is 0 Å². The molecule has 3 rings (SSSR count). The van der Waals surface area contributed by atoms with Crippen molar-refractivity contribution in [1.82, 2.24) is 9.97 Å². The molecule has 0 bridgehead atoms. The Hall–Kier alpha value is -2.05. The number of fused-ring (bicyclic) bond motifs is 1. The fourth-order valence-electron chi connectivity index (χ4n) is 1.81. The van der Waals surface area contributed by atoms with Gasteiger partial charge in [0, 0.05) is 23.1 Å². The highest BCUT2D eigenvalue weighted by Crippen LogP contribution is 2.36. The first-order chi connectivity index (χ1) is 9.16. The number of thiophene rings is 1. The molecule has 0 aliphatic heterocycles. The van der Waals surface area contributed by atoms with Crippen LogP contribution in [-0.2, 0) is 0 Å². The average Bonchev–Trinajstić information content (AvgIpc) is 2.84. The van der Waals surface area contributed by atoms with Gasteiger partial charge in [0.2, 0.25) is 0 Å². The van der Waals surface area contributed by atoms with Crippen molar-refractivity contribution in [3.8, 4) is 11.1 Å². The van der Waals surface area contributed by atoms with Gasteiger partial charge in [0.25, 0.3) is 5.69 Å². The van der Waals surface area contributed by atoms with Crippen molar-refractivity contribution < 1.29 is 4.92 Å². The number of hydrogen-bond acceptors (Lipinski definition) is 5. The van der Waals surface area contributed by atoms with Gasteiger partial charge in [-0.2, -0.15) is 0 Å². The van der Waals surface area contributed by atoms with Crippen molar-refractivity contribution in [2.24, 2.45) is 0 Å². The van der Waals surface area contributed by atoms with Crippen molar-refractivity contribution in [3.63, 3.8) is 0 Å². The topological polar surface area (TPSA) is 68.9 Å². The number of halogens is 1. The maximum Gasteiger partial charge on any atom is 0.270 e. The van der Waals surface area contributed by atoms with Gasteiger partial charge in [-0.05, 0) is 5.56 Å². The maximum absolute atomic E-state index is 10.8. The van der Waals surface area contributed by atoms with Gasteiger partial charge in [-0.3, -0.25) is 10.1 Å². The van der Waals surface area contributed by atoms with E-state index in [0.29, 0.717) is 10.7 Å². The number of aromatic nitrogens is 2. The predicted octanol–water partition coefficient (Wildman–Crippen LogP) is 3.92. The maximum atomic E-state index is 10.8. The first kappa shape index (κ1) is 12.0. The molecule has 5 nitrogen and oxygen atoms in total. The number of hydrogen-bond donors (Lipinski definition) is 0. The van der Waals surface area contributed by atoms with Gasteiger partial charge in [-0.1, -0.05) is 23.7 Å². The zero-order valence-electron chi connectivity index (χ0n) is 9.41. The minimum atomic E-state index is -0.417. The molecular weight excluding hydrogens is 286 g/mol. The second-order valence-electron chi connectivity index (χ2n) is 3.80. The fraction of sp³-hybridized carbons (Fsp3) is 0. The molecule has 0 aliphatic rings. The molecule has 1 aromatic carbocycles.